The monoisotopic (exact) mass is 213 g/mol. The van der Waals surface area contributed by atoms with Crippen LogP contribution in [0.3, 0.4) is 0 Å². The molecule has 0 amide bonds. The average molecular weight is 214 g/mol. The van der Waals surface area contributed by atoms with Crippen LogP contribution in [0.25, 0.3) is 0 Å². The Bertz CT molecular complexity index is 353. The van der Waals surface area contributed by atoms with E-state index in [0.717, 1.165) is 18.5 Å². The van der Waals surface area contributed by atoms with Gasteiger partial charge in [0.25, 0.3) is 0 Å². The van der Waals surface area contributed by atoms with Gasteiger partial charge in [0.1, 0.15) is 0 Å². The molecule has 2 rings (SSSR count). The maximum absolute atomic E-state index is 11.3. The molecule has 1 fully saturated rings. The van der Waals surface area contributed by atoms with Crippen LogP contribution in [0.1, 0.15) is 54.6 Å². The normalized spacial score (nSPS) is 17.6. The first-order chi connectivity index (χ1) is 6.70. The van der Waals surface area contributed by atoms with Crippen molar-refractivity contribution >= 4 is 17.4 Å². The number of carbonyl (C=O) groups excluding carboxylic acids is 1. The van der Waals surface area contributed by atoms with Crippen molar-refractivity contribution in [1.29, 1.82) is 0 Å². The zero-order chi connectivity index (χ0) is 10.1. The van der Waals surface area contributed by atoms with Crippen molar-refractivity contribution in [3.8, 4) is 0 Å². The van der Waals surface area contributed by atoms with E-state index in [2.05, 4.69) is 5.16 Å². The Kier molecular flexibility index (Phi) is 2.59. The van der Waals surface area contributed by atoms with Crippen molar-refractivity contribution in [2.75, 3.05) is 0 Å². The van der Waals surface area contributed by atoms with Gasteiger partial charge in [-0.3, -0.25) is 4.79 Å². The number of aromatic nitrogens is 1. The van der Waals surface area contributed by atoms with Gasteiger partial charge in [-0.1, -0.05) is 18.0 Å². The number of halogens is 1. The molecular weight excluding hydrogens is 202 g/mol. The largest absolute Gasteiger partial charge is 0.343 e. The van der Waals surface area contributed by atoms with Gasteiger partial charge < -0.3 is 4.52 Å². The number of hydrogen-bond donors (Lipinski definition) is 0. The molecule has 0 aliphatic heterocycles. The van der Waals surface area contributed by atoms with E-state index in [1.807, 2.05) is 0 Å². The molecule has 76 valence electrons. The number of rotatable bonds is 2. The summed E-state index contributed by atoms with van der Waals surface area (Å²) < 4.78 is 4.86. The predicted octanol–water partition coefficient (Wildman–Crippen LogP) is 3.19. The molecule has 1 aliphatic rings. The second-order valence-corrected chi connectivity index (χ2v) is 4.10. The van der Waals surface area contributed by atoms with Crippen molar-refractivity contribution in [1.82, 2.24) is 5.16 Å². The van der Waals surface area contributed by atoms with E-state index in [1.54, 1.807) is 0 Å². The highest BCUT2D eigenvalue weighted by Crippen LogP contribution is 2.37. The van der Waals surface area contributed by atoms with E-state index in [4.69, 9.17) is 16.1 Å². The fraction of sp³-hybridized carbons (Fsp3) is 0.600. The van der Waals surface area contributed by atoms with Gasteiger partial charge in [-0.25, -0.2) is 0 Å². The smallest absolute Gasteiger partial charge is 0.237 e. The molecule has 1 aliphatic carbocycles. The summed E-state index contributed by atoms with van der Waals surface area (Å²) in [6.45, 7) is 1.50. The zero-order valence-electron chi connectivity index (χ0n) is 8.05. The van der Waals surface area contributed by atoms with E-state index in [-0.39, 0.29) is 11.0 Å². The summed E-state index contributed by atoms with van der Waals surface area (Å²) in [5.74, 6) is 0.309. The summed E-state index contributed by atoms with van der Waals surface area (Å²) in [5.41, 5.74) is 1.25. The number of carbonyl (C=O) groups is 1. The van der Waals surface area contributed by atoms with Crippen LogP contribution in [0.2, 0.25) is 5.22 Å². The molecule has 1 saturated carbocycles. The lowest BCUT2D eigenvalue weighted by Crippen LogP contribution is -2.01. The van der Waals surface area contributed by atoms with Crippen molar-refractivity contribution in [3.63, 3.8) is 0 Å². The molecule has 0 spiro atoms. The maximum Gasteiger partial charge on any atom is 0.237 e. The molecular formula is C10H12ClNO2. The van der Waals surface area contributed by atoms with Crippen molar-refractivity contribution in [2.24, 2.45) is 0 Å². The van der Waals surface area contributed by atoms with Gasteiger partial charge in [0.15, 0.2) is 5.78 Å². The SMILES string of the molecule is CC(=O)c1c(C2CCCC2)noc1Cl. The van der Waals surface area contributed by atoms with Gasteiger partial charge in [-0.15, -0.1) is 0 Å². The fourth-order valence-corrected chi connectivity index (χ4v) is 2.34. The molecule has 0 radical (unpaired) electrons. The van der Waals surface area contributed by atoms with Gasteiger partial charge in [0, 0.05) is 5.92 Å². The minimum Gasteiger partial charge on any atom is -0.343 e. The van der Waals surface area contributed by atoms with Gasteiger partial charge in [-0.2, -0.15) is 0 Å². The van der Waals surface area contributed by atoms with Crippen LogP contribution >= 0.6 is 11.6 Å². The molecule has 0 saturated heterocycles. The molecule has 1 aromatic rings. The molecule has 0 bridgehead atoms. The van der Waals surface area contributed by atoms with E-state index in [9.17, 15) is 4.79 Å². The van der Waals surface area contributed by atoms with Crippen molar-refractivity contribution in [2.45, 2.75) is 38.5 Å². The van der Waals surface area contributed by atoms with Crippen LogP contribution in [0, 0.1) is 0 Å². The number of hydrogen-bond acceptors (Lipinski definition) is 3. The third-order valence-corrected chi connectivity index (χ3v) is 3.03. The second kappa shape index (κ2) is 3.73. The lowest BCUT2D eigenvalue weighted by atomic mass is 9.99. The van der Waals surface area contributed by atoms with Crippen LogP contribution in [-0.2, 0) is 0 Å². The average Bonchev–Trinajstić information content (AvgIpc) is 2.70. The maximum atomic E-state index is 11.3. The Balaban J connectivity index is 2.37. The van der Waals surface area contributed by atoms with Gasteiger partial charge in [-0.05, 0) is 31.4 Å². The van der Waals surface area contributed by atoms with Crippen LogP contribution in [0.4, 0.5) is 0 Å². The first-order valence-corrected chi connectivity index (χ1v) is 5.24. The highest BCUT2D eigenvalue weighted by atomic mass is 35.5. The van der Waals surface area contributed by atoms with Crippen molar-refractivity contribution in [3.05, 3.63) is 16.5 Å². The number of ketones is 1. The Hall–Kier alpha value is -0.830. The topological polar surface area (TPSA) is 43.1 Å². The Labute approximate surface area is 87.4 Å². The van der Waals surface area contributed by atoms with E-state index >= 15 is 0 Å². The zero-order valence-corrected chi connectivity index (χ0v) is 8.80. The molecule has 4 heteroatoms. The quantitative estimate of drug-likeness (QED) is 0.709. The van der Waals surface area contributed by atoms with Gasteiger partial charge in [0.05, 0.1) is 11.3 Å². The molecule has 3 nitrogen and oxygen atoms in total. The number of nitrogens with zero attached hydrogens (tertiary/aromatic N) is 1. The summed E-state index contributed by atoms with van der Waals surface area (Å²) in [6, 6.07) is 0. The Morgan fingerprint density at radius 2 is 2.14 bits per heavy atom. The molecule has 0 atom stereocenters. The highest BCUT2D eigenvalue weighted by molar-refractivity contribution is 6.32. The minimum atomic E-state index is -0.0573. The predicted molar refractivity (Wildman–Crippen MR) is 52.7 cm³/mol. The third-order valence-electron chi connectivity index (χ3n) is 2.77. The summed E-state index contributed by atoms with van der Waals surface area (Å²) in [7, 11) is 0. The first kappa shape index (κ1) is 9.71. The molecule has 0 unspecified atom stereocenters. The van der Waals surface area contributed by atoms with Crippen LogP contribution in [-0.4, -0.2) is 10.9 Å². The molecule has 0 aromatic carbocycles. The molecule has 14 heavy (non-hydrogen) atoms. The van der Waals surface area contributed by atoms with E-state index in [0.29, 0.717) is 11.5 Å². The highest BCUT2D eigenvalue weighted by Gasteiger charge is 2.27. The first-order valence-electron chi connectivity index (χ1n) is 4.86. The molecule has 1 heterocycles. The molecule has 1 aromatic heterocycles. The van der Waals surface area contributed by atoms with Crippen LogP contribution < -0.4 is 0 Å². The van der Waals surface area contributed by atoms with E-state index in [1.165, 1.54) is 19.8 Å². The standard InChI is InChI=1S/C10H12ClNO2/c1-6(13)8-9(12-14-10(8)11)7-4-2-3-5-7/h7H,2-5H2,1H3. The summed E-state index contributed by atoms with van der Waals surface area (Å²) >= 11 is 5.77. The van der Waals surface area contributed by atoms with E-state index < -0.39 is 0 Å². The summed E-state index contributed by atoms with van der Waals surface area (Å²) in [4.78, 5) is 11.3. The lowest BCUT2D eigenvalue weighted by Gasteiger charge is -2.04. The van der Waals surface area contributed by atoms with Crippen LogP contribution in [0.5, 0.6) is 0 Å². The lowest BCUT2D eigenvalue weighted by molar-refractivity contribution is 0.101. The third kappa shape index (κ3) is 1.57. The second-order valence-electron chi connectivity index (χ2n) is 3.75. The van der Waals surface area contributed by atoms with Gasteiger partial charge in [0.2, 0.25) is 5.22 Å². The van der Waals surface area contributed by atoms with Gasteiger partial charge >= 0.3 is 0 Å². The Morgan fingerprint density at radius 3 is 2.71 bits per heavy atom. The number of Topliss-reactive ketones (excluding diaryl/α,β-unsaturated/α-hetero) is 1. The Morgan fingerprint density at radius 1 is 1.50 bits per heavy atom. The fourth-order valence-electron chi connectivity index (χ4n) is 2.08. The minimum absolute atomic E-state index is 0.0573. The summed E-state index contributed by atoms with van der Waals surface area (Å²) in [5, 5.41) is 4.03. The van der Waals surface area contributed by atoms with Crippen molar-refractivity contribution < 1.29 is 9.32 Å². The summed E-state index contributed by atoms with van der Waals surface area (Å²) in [6.07, 6.45) is 4.57. The van der Waals surface area contributed by atoms with Crippen LogP contribution in [0.15, 0.2) is 4.52 Å². The molecule has 0 N–H and O–H groups in total.